The molecule has 0 spiro atoms. The van der Waals surface area contributed by atoms with Crippen molar-refractivity contribution in [3.8, 4) is 0 Å². The molecule has 1 aromatic carbocycles. The Bertz CT molecular complexity index is 541. The summed E-state index contributed by atoms with van der Waals surface area (Å²) in [6, 6.07) is 9.00. The maximum atomic E-state index is 12.7. The highest BCUT2D eigenvalue weighted by Gasteiger charge is 2.50. The highest BCUT2D eigenvalue weighted by molar-refractivity contribution is 6.00. The number of fused-ring (bicyclic) bond motifs is 2. The van der Waals surface area contributed by atoms with E-state index in [0.29, 0.717) is 6.04 Å². The Morgan fingerprint density at radius 2 is 2.11 bits per heavy atom. The number of rotatable bonds is 1. The predicted octanol–water partition coefficient (Wildman–Crippen LogP) is 2.06. The van der Waals surface area contributed by atoms with Crippen LogP contribution in [-0.2, 0) is 10.2 Å². The molecule has 100 valence electrons. The molecule has 4 rings (SSSR count). The van der Waals surface area contributed by atoms with Crippen LogP contribution in [-0.4, -0.2) is 24.5 Å². The molecule has 3 aliphatic rings. The first-order valence-corrected chi connectivity index (χ1v) is 7.23. The predicted molar refractivity (Wildman–Crippen MR) is 75.3 cm³/mol. The van der Waals surface area contributed by atoms with Crippen LogP contribution >= 0.6 is 0 Å². The van der Waals surface area contributed by atoms with Gasteiger partial charge in [0.05, 0.1) is 6.04 Å². The molecule has 1 saturated carbocycles. The highest BCUT2D eigenvalue weighted by Crippen LogP contribution is 2.44. The van der Waals surface area contributed by atoms with Gasteiger partial charge in [-0.25, -0.2) is 0 Å². The van der Waals surface area contributed by atoms with Gasteiger partial charge in [-0.05, 0) is 30.4 Å². The molecule has 1 aliphatic carbocycles. The highest BCUT2D eigenvalue weighted by atomic mass is 16.2. The van der Waals surface area contributed by atoms with Crippen LogP contribution in [0.4, 0.5) is 5.69 Å². The molecule has 0 aromatic heterocycles. The van der Waals surface area contributed by atoms with Crippen molar-refractivity contribution in [2.75, 3.05) is 11.4 Å². The van der Waals surface area contributed by atoms with Crippen molar-refractivity contribution < 1.29 is 4.79 Å². The fraction of sp³-hybridized carbons (Fsp3) is 0.562. The smallest absolute Gasteiger partial charge is 0.244 e. The number of amides is 1. The maximum Gasteiger partial charge on any atom is 0.244 e. The minimum atomic E-state index is 0.0470. The summed E-state index contributed by atoms with van der Waals surface area (Å²) >= 11 is 0. The van der Waals surface area contributed by atoms with Crippen LogP contribution in [0.15, 0.2) is 24.3 Å². The van der Waals surface area contributed by atoms with Crippen LogP contribution in [0.3, 0.4) is 0 Å². The van der Waals surface area contributed by atoms with Crippen molar-refractivity contribution in [3.63, 3.8) is 0 Å². The first-order chi connectivity index (χ1) is 9.06. The lowest BCUT2D eigenvalue weighted by atomic mass is 9.87. The van der Waals surface area contributed by atoms with E-state index >= 15 is 0 Å². The summed E-state index contributed by atoms with van der Waals surface area (Å²) in [5, 5.41) is 3.47. The van der Waals surface area contributed by atoms with Crippen LogP contribution < -0.4 is 10.2 Å². The van der Waals surface area contributed by atoms with Crippen molar-refractivity contribution in [2.45, 2.75) is 44.2 Å². The zero-order valence-electron chi connectivity index (χ0n) is 11.5. The molecule has 2 aliphatic heterocycles. The SMILES string of the molecule is CC1(C)CN(C(=O)[C@@H]2C[C@H]3C[C@H]3N2)c2ccccc21. The van der Waals surface area contributed by atoms with Crippen LogP contribution in [0.25, 0.3) is 0 Å². The van der Waals surface area contributed by atoms with E-state index in [4.69, 9.17) is 0 Å². The summed E-state index contributed by atoms with van der Waals surface area (Å²) in [6.07, 6.45) is 2.30. The van der Waals surface area contributed by atoms with E-state index in [1.165, 1.54) is 12.0 Å². The molecule has 19 heavy (non-hydrogen) atoms. The maximum absolute atomic E-state index is 12.7. The van der Waals surface area contributed by atoms with Crippen LogP contribution in [0.5, 0.6) is 0 Å². The number of hydrogen-bond donors (Lipinski definition) is 1. The van der Waals surface area contributed by atoms with Crippen LogP contribution in [0, 0.1) is 5.92 Å². The van der Waals surface area contributed by atoms with E-state index in [2.05, 4.69) is 37.4 Å². The Kier molecular flexibility index (Phi) is 2.17. The normalized spacial score (nSPS) is 34.0. The second-order valence-corrected chi connectivity index (χ2v) is 6.88. The minimum absolute atomic E-state index is 0.0470. The van der Waals surface area contributed by atoms with Gasteiger partial charge in [-0.3, -0.25) is 4.79 Å². The number of anilines is 1. The number of para-hydroxylation sites is 1. The summed E-state index contributed by atoms with van der Waals surface area (Å²) < 4.78 is 0. The number of carbonyl (C=O) groups is 1. The lowest BCUT2D eigenvalue weighted by Gasteiger charge is -2.24. The topological polar surface area (TPSA) is 32.3 Å². The van der Waals surface area contributed by atoms with Gasteiger partial charge in [-0.15, -0.1) is 0 Å². The number of benzene rings is 1. The third-order valence-electron chi connectivity index (χ3n) is 4.92. The summed E-state index contributed by atoms with van der Waals surface area (Å²) in [6.45, 7) is 5.25. The second kappa shape index (κ2) is 3.60. The van der Waals surface area contributed by atoms with Crippen molar-refractivity contribution in [1.29, 1.82) is 0 Å². The van der Waals surface area contributed by atoms with Gasteiger partial charge < -0.3 is 10.2 Å². The molecule has 2 heterocycles. The second-order valence-electron chi connectivity index (χ2n) is 6.88. The zero-order chi connectivity index (χ0) is 13.2. The standard InChI is InChI=1S/C16H20N2O/c1-16(2)9-18(14-6-4-3-5-11(14)16)15(19)13-8-10-7-12(10)17-13/h3-6,10,12-13,17H,7-9H2,1-2H3/t10-,12-,13+/m1/s1. The number of nitrogens with one attached hydrogen (secondary N) is 1. The van der Waals surface area contributed by atoms with E-state index in [1.807, 2.05) is 11.0 Å². The van der Waals surface area contributed by atoms with E-state index in [9.17, 15) is 4.79 Å². The van der Waals surface area contributed by atoms with Gasteiger partial charge in [0.25, 0.3) is 0 Å². The van der Waals surface area contributed by atoms with Crippen molar-refractivity contribution in [2.24, 2.45) is 5.92 Å². The quantitative estimate of drug-likeness (QED) is 0.834. The van der Waals surface area contributed by atoms with Gasteiger partial charge in [0.1, 0.15) is 0 Å². The molecule has 3 nitrogen and oxygen atoms in total. The van der Waals surface area contributed by atoms with E-state index in [-0.39, 0.29) is 17.4 Å². The molecule has 1 amide bonds. The number of nitrogens with zero attached hydrogens (tertiary/aromatic N) is 1. The van der Waals surface area contributed by atoms with Crippen molar-refractivity contribution in [3.05, 3.63) is 29.8 Å². The summed E-state index contributed by atoms with van der Waals surface area (Å²) in [4.78, 5) is 14.7. The summed E-state index contributed by atoms with van der Waals surface area (Å²) in [5.41, 5.74) is 2.47. The van der Waals surface area contributed by atoms with Gasteiger partial charge in [-0.1, -0.05) is 32.0 Å². The lowest BCUT2D eigenvalue weighted by molar-refractivity contribution is -0.120. The molecule has 3 atom stereocenters. The Labute approximate surface area is 114 Å². The van der Waals surface area contributed by atoms with Crippen LogP contribution in [0.1, 0.15) is 32.3 Å². The van der Waals surface area contributed by atoms with Gasteiger partial charge in [0, 0.05) is 23.7 Å². The van der Waals surface area contributed by atoms with Gasteiger partial charge >= 0.3 is 0 Å². The molecule has 3 heteroatoms. The fourth-order valence-corrected chi connectivity index (χ4v) is 3.75. The molecule has 1 aromatic rings. The number of piperidine rings is 1. The Hall–Kier alpha value is -1.35. The molecule has 0 radical (unpaired) electrons. The first kappa shape index (κ1) is 11.5. The molecule has 0 unspecified atom stereocenters. The first-order valence-electron chi connectivity index (χ1n) is 7.23. The third-order valence-corrected chi connectivity index (χ3v) is 4.92. The number of carbonyl (C=O) groups excluding carboxylic acids is 1. The van der Waals surface area contributed by atoms with Gasteiger partial charge in [0.15, 0.2) is 0 Å². The Morgan fingerprint density at radius 1 is 1.32 bits per heavy atom. The molecule has 1 N–H and O–H groups in total. The number of hydrogen-bond acceptors (Lipinski definition) is 2. The Morgan fingerprint density at radius 3 is 2.84 bits per heavy atom. The third kappa shape index (κ3) is 1.64. The molecule has 2 fully saturated rings. The monoisotopic (exact) mass is 256 g/mol. The summed E-state index contributed by atoms with van der Waals surface area (Å²) in [5.74, 6) is 1.03. The van der Waals surface area contributed by atoms with Crippen molar-refractivity contribution >= 4 is 11.6 Å². The molecular weight excluding hydrogens is 236 g/mol. The fourth-order valence-electron chi connectivity index (χ4n) is 3.75. The van der Waals surface area contributed by atoms with Crippen molar-refractivity contribution in [1.82, 2.24) is 5.32 Å². The average molecular weight is 256 g/mol. The lowest BCUT2D eigenvalue weighted by Crippen LogP contribution is -2.45. The molecular formula is C16H20N2O. The van der Waals surface area contributed by atoms with Gasteiger partial charge in [-0.2, -0.15) is 0 Å². The van der Waals surface area contributed by atoms with E-state index < -0.39 is 0 Å². The van der Waals surface area contributed by atoms with E-state index in [1.54, 1.807) is 0 Å². The molecule has 0 bridgehead atoms. The Balaban J connectivity index is 1.64. The van der Waals surface area contributed by atoms with Gasteiger partial charge in [0.2, 0.25) is 5.91 Å². The summed E-state index contributed by atoms with van der Waals surface area (Å²) in [7, 11) is 0. The zero-order valence-corrected chi connectivity index (χ0v) is 11.5. The molecule has 1 saturated heterocycles. The minimum Gasteiger partial charge on any atom is -0.310 e. The average Bonchev–Trinajstić information content (AvgIpc) is 2.90. The largest absolute Gasteiger partial charge is 0.310 e. The van der Waals surface area contributed by atoms with E-state index in [0.717, 1.165) is 24.6 Å². The van der Waals surface area contributed by atoms with Crippen LogP contribution in [0.2, 0.25) is 0 Å².